The van der Waals surface area contributed by atoms with Crippen molar-refractivity contribution in [1.82, 2.24) is 10.2 Å². The first-order chi connectivity index (χ1) is 15.9. The highest BCUT2D eigenvalue weighted by atomic mass is 19.1. The van der Waals surface area contributed by atoms with E-state index in [-0.39, 0.29) is 11.3 Å². The second kappa shape index (κ2) is 9.24. The predicted molar refractivity (Wildman–Crippen MR) is 123 cm³/mol. The Hall–Kier alpha value is -4.00. The number of hydrogen-bond donors (Lipinski definition) is 0. The Labute approximate surface area is 190 Å². The largest absolute Gasteiger partial charge is 0.497 e. The van der Waals surface area contributed by atoms with Crippen LogP contribution >= 0.6 is 0 Å². The van der Waals surface area contributed by atoms with E-state index in [1.54, 1.807) is 27.4 Å². The summed E-state index contributed by atoms with van der Waals surface area (Å²) in [6, 6.07) is 16.2. The average Bonchev–Trinajstić information content (AvgIpc) is 2.84. The number of hydrogen-bond acceptors (Lipinski definition) is 5. The highest BCUT2D eigenvalue weighted by molar-refractivity contribution is 5.94. The summed E-state index contributed by atoms with van der Waals surface area (Å²) in [6.07, 6.45) is 0. The van der Waals surface area contributed by atoms with Gasteiger partial charge >= 0.3 is 0 Å². The van der Waals surface area contributed by atoms with E-state index in [2.05, 4.69) is 10.2 Å². The molecular weight excluding hydrogens is 426 g/mol. The van der Waals surface area contributed by atoms with E-state index in [9.17, 15) is 8.78 Å². The Morgan fingerprint density at radius 2 is 1.27 bits per heavy atom. The summed E-state index contributed by atoms with van der Waals surface area (Å²) in [5.41, 5.74) is 3.95. The minimum atomic E-state index is -0.732. The Kier molecular flexibility index (Phi) is 6.22. The zero-order chi connectivity index (χ0) is 23.5. The van der Waals surface area contributed by atoms with E-state index < -0.39 is 11.6 Å². The van der Waals surface area contributed by atoms with E-state index in [0.29, 0.717) is 34.1 Å². The highest BCUT2D eigenvalue weighted by Crippen LogP contribution is 2.43. The van der Waals surface area contributed by atoms with Crippen LogP contribution in [-0.4, -0.2) is 31.5 Å². The van der Waals surface area contributed by atoms with Crippen LogP contribution in [0.5, 0.6) is 17.2 Å². The molecule has 0 N–H and O–H groups in total. The molecule has 0 saturated heterocycles. The van der Waals surface area contributed by atoms with E-state index >= 15 is 0 Å². The van der Waals surface area contributed by atoms with E-state index in [0.717, 1.165) is 17.2 Å². The molecule has 0 radical (unpaired) electrons. The lowest BCUT2D eigenvalue weighted by atomic mass is 9.90. The van der Waals surface area contributed by atoms with Gasteiger partial charge in [-0.25, -0.2) is 8.78 Å². The average molecular weight is 448 g/mol. The summed E-state index contributed by atoms with van der Waals surface area (Å²) >= 11 is 0. The Morgan fingerprint density at radius 3 is 1.85 bits per heavy atom. The fourth-order valence-electron chi connectivity index (χ4n) is 3.74. The van der Waals surface area contributed by atoms with E-state index in [1.165, 1.54) is 12.1 Å². The van der Waals surface area contributed by atoms with Crippen LogP contribution in [0.4, 0.5) is 8.78 Å². The number of aryl methyl sites for hydroxylation is 1. The van der Waals surface area contributed by atoms with Gasteiger partial charge in [-0.15, -0.1) is 5.10 Å². The first-order valence-corrected chi connectivity index (χ1v) is 10.2. The van der Waals surface area contributed by atoms with Crippen LogP contribution in [0.15, 0.2) is 60.7 Å². The zero-order valence-corrected chi connectivity index (χ0v) is 18.6. The number of aromatic nitrogens is 2. The van der Waals surface area contributed by atoms with Gasteiger partial charge in [0.05, 0.1) is 27.0 Å². The standard InChI is InChI=1S/C26H22F2N2O3/c1-15-24(16-5-8-19(31-2)9-6-16)25(17-11-20(32-3)14-21(12-17)33-4)26(30-29-15)22-10-7-18(27)13-23(22)28/h5-14H,1-4H3. The van der Waals surface area contributed by atoms with Crippen molar-refractivity contribution >= 4 is 0 Å². The van der Waals surface area contributed by atoms with Crippen molar-refractivity contribution in [2.24, 2.45) is 0 Å². The van der Waals surface area contributed by atoms with E-state index in [1.807, 2.05) is 43.3 Å². The normalized spacial score (nSPS) is 10.7. The van der Waals surface area contributed by atoms with Crippen molar-refractivity contribution in [1.29, 1.82) is 0 Å². The molecule has 0 unspecified atom stereocenters. The van der Waals surface area contributed by atoms with Crippen LogP contribution in [-0.2, 0) is 0 Å². The maximum atomic E-state index is 14.9. The minimum absolute atomic E-state index is 0.135. The fraction of sp³-hybridized carbons (Fsp3) is 0.154. The monoisotopic (exact) mass is 448 g/mol. The van der Waals surface area contributed by atoms with Crippen molar-refractivity contribution in [2.75, 3.05) is 21.3 Å². The van der Waals surface area contributed by atoms with Crippen LogP contribution in [0.2, 0.25) is 0 Å². The summed E-state index contributed by atoms with van der Waals surface area (Å²) in [7, 11) is 4.71. The summed E-state index contributed by atoms with van der Waals surface area (Å²) in [5, 5.41) is 8.63. The van der Waals surface area contributed by atoms with Gasteiger partial charge in [0, 0.05) is 28.8 Å². The lowest BCUT2D eigenvalue weighted by Crippen LogP contribution is -2.02. The molecule has 4 aromatic rings. The predicted octanol–water partition coefficient (Wildman–Crippen LogP) is 6.09. The number of methoxy groups -OCH3 is 3. The van der Waals surface area contributed by atoms with Crippen molar-refractivity contribution in [3.63, 3.8) is 0 Å². The smallest absolute Gasteiger partial charge is 0.135 e. The lowest BCUT2D eigenvalue weighted by Gasteiger charge is -2.18. The third-order valence-electron chi connectivity index (χ3n) is 5.35. The molecule has 0 aliphatic rings. The van der Waals surface area contributed by atoms with Gasteiger partial charge in [-0.2, -0.15) is 5.10 Å². The maximum absolute atomic E-state index is 14.9. The molecule has 4 rings (SSSR count). The molecule has 7 heteroatoms. The van der Waals surface area contributed by atoms with Gasteiger partial charge in [0.25, 0.3) is 0 Å². The molecule has 1 aromatic heterocycles. The SMILES string of the molecule is COc1ccc(-c2c(C)nnc(-c3ccc(F)cc3F)c2-c2cc(OC)cc(OC)c2)cc1. The van der Waals surface area contributed by atoms with Crippen LogP contribution in [0.25, 0.3) is 33.5 Å². The quantitative estimate of drug-likeness (QED) is 0.357. The van der Waals surface area contributed by atoms with Crippen LogP contribution in [0.1, 0.15) is 5.69 Å². The molecular formula is C26H22F2N2O3. The number of benzene rings is 3. The van der Waals surface area contributed by atoms with Crippen molar-refractivity contribution < 1.29 is 23.0 Å². The molecule has 1 heterocycles. The molecule has 0 spiro atoms. The molecule has 0 atom stereocenters. The summed E-state index contributed by atoms with van der Waals surface area (Å²) in [6.45, 7) is 1.83. The fourth-order valence-corrected chi connectivity index (χ4v) is 3.74. The number of halogens is 2. The van der Waals surface area contributed by atoms with Crippen molar-refractivity contribution in [3.8, 4) is 50.8 Å². The topological polar surface area (TPSA) is 53.5 Å². The molecule has 5 nitrogen and oxygen atoms in total. The first-order valence-electron chi connectivity index (χ1n) is 10.2. The van der Waals surface area contributed by atoms with Crippen LogP contribution < -0.4 is 14.2 Å². The van der Waals surface area contributed by atoms with Gasteiger partial charge in [-0.3, -0.25) is 0 Å². The van der Waals surface area contributed by atoms with Crippen molar-refractivity contribution in [3.05, 3.63) is 78.0 Å². The molecule has 0 aliphatic heterocycles. The van der Waals surface area contributed by atoms with E-state index in [4.69, 9.17) is 14.2 Å². The van der Waals surface area contributed by atoms with Gasteiger partial charge in [0.15, 0.2) is 0 Å². The first kappa shape index (κ1) is 22.2. The summed E-state index contributed by atoms with van der Waals surface area (Å²) < 4.78 is 44.7. The van der Waals surface area contributed by atoms with Gasteiger partial charge in [-0.1, -0.05) is 12.1 Å². The lowest BCUT2D eigenvalue weighted by molar-refractivity contribution is 0.394. The molecule has 33 heavy (non-hydrogen) atoms. The molecule has 0 aliphatic carbocycles. The highest BCUT2D eigenvalue weighted by Gasteiger charge is 2.22. The third kappa shape index (κ3) is 4.35. The van der Waals surface area contributed by atoms with Crippen molar-refractivity contribution in [2.45, 2.75) is 6.92 Å². The molecule has 168 valence electrons. The number of nitrogens with zero attached hydrogens (tertiary/aromatic N) is 2. The zero-order valence-electron chi connectivity index (χ0n) is 18.6. The van der Waals surface area contributed by atoms with Gasteiger partial charge in [0.1, 0.15) is 34.6 Å². The summed E-state index contributed by atoms with van der Waals surface area (Å²) in [4.78, 5) is 0. The Morgan fingerprint density at radius 1 is 0.636 bits per heavy atom. The second-order valence-electron chi connectivity index (χ2n) is 7.34. The molecule has 3 aromatic carbocycles. The third-order valence-corrected chi connectivity index (χ3v) is 5.35. The minimum Gasteiger partial charge on any atom is -0.497 e. The van der Waals surface area contributed by atoms with Crippen LogP contribution in [0.3, 0.4) is 0 Å². The molecule has 0 saturated carbocycles. The number of rotatable bonds is 6. The molecule has 0 bridgehead atoms. The molecule has 0 fully saturated rings. The second-order valence-corrected chi connectivity index (χ2v) is 7.34. The Balaban J connectivity index is 2.09. The van der Waals surface area contributed by atoms with Gasteiger partial charge in [0.2, 0.25) is 0 Å². The maximum Gasteiger partial charge on any atom is 0.135 e. The van der Waals surface area contributed by atoms with Crippen LogP contribution in [0, 0.1) is 18.6 Å². The van der Waals surface area contributed by atoms with Gasteiger partial charge in [-0.05, 0) is 54.4 Å². The number of ether oxygens (including phenoxy) is 3. The molecule has 0 amide bonds. The summed E-state index contributed by atoms with van der Waals surface area (Å²) in [5.74, 6) is 0.420. The Bertz CT molecular complexity index is 1290. The van der Waals surface area contributed by atoms with Gasteiger partial charge < -0.3 is 14.2 Å².